The Morgan fingerprint density at radius 1 is 1.17 bits per heavy atom. The number of aryl methyl sites for hydroxylation is 1. The van der Waals surface area contributed by atoms with Gasteiger partial charge in [-0.2, -0.15) is 0 Å². The van der Waals surface area contributed by atoms with Gasteiger partial charge in [0.25, 0.3) is 5.56 Å². The molecule has 0 aromatic carbocycles. The van der Waals surface area contributed by atoms with Crippen molar-refractivity contribution in [2.75, 3.05) is 6.61 Å². The minimum Gasteiger partial charge on any atom is -0.432 e. The Bertz CT molecular complexity index is 842. The van der Waals surface area contributed by atoms with Crippen molar-refractivity contribution in [3.8, 4) is 0 Å². The van der Waals surface area contributed by atoms with Gasteiger partial charge in [0.2, 0.25) is 0 Å². The molecule has 0 amide bonds. The Balaban J connectivity index is 2.15. The van der Waals surface area contributed by atoms with Crippen LogP contribution in [0.25, 0.3) is 0 Å². The molecule has 0 aliphatic carbocycles. The van der Waals surface area contributed by atoms with Gasteiger partial charge < -0.3 is 23.7 Å². The average molecular weight is 414 g/mol. The van der Waals surface area contributed by atoms with Gasteiger partial charge >= 0.3 is 18.0 Å². The van der Waals surface area contributed by atoms with E-state index in [0.717, 1.165) is 0 Å². The van der Waals surface area contributed by atoms with Crippen molar-refractivity contribution in [1.82, 2.24) is 9.55 Å². The fourth-order valence-electron chi connectivity index (χ4n) is 2.67. The lowest BCUT2D eigenvalue weighted by Crippen LogP contribution is -2.34. The van der Waals surface area contributed by atoms with E-state index in [2.05, 4.69) is 4.98 Å². The topological polar surface area (TPSA) is 135 Å². The maximum absolute atomic E-state index is 12.1. The number of nitrogens with zero attached hydrogens (tertiary/aromatic N) is 1. The number of carbonyl (C=O) groups excluding carboxylic acids is 2. The summed E-state index contributed by atoms with van der Waals surface area (Å²) in [6, 6.07) is 0. The molecular weight excluding hydrogens is 388 g/mol. The number of hydrogen-bond acceptors (Lipinski definition) is 9. The van der Waals surface area contributed by atoms with Crippen LogP contribution in [-0.4, -0.2) is 52.9 Å². The fraction of sp³-hybridized carbons (Fsp3) is 0.667. The molecule has 1 aliphatic rings. The minimum atomic E-state index is -0.908. The van der Waals surface area contributed by atoms with E-state index in [1.807, 2.05) is 0 Å². The monoisotopic (exact) mass is 414 g/mol. The maximum atomic E-state index is 12.1. The van der Waals surface area contributed by atoms with Crippen molar-refractivity contribution in [2.45, 2.75) is 71.7 Å². The van der Waals surface area contributed by atoms with Crippen LogP contribution in [0.2, 0.25) is 0 Å². The zero-order valence-electron chi connectivity index (χ0n) is 17.0. The highest BCUT2D eigenvalue weighted by Crippen LogP contribution is 2.30. The number of aromatic amines is 1. The molecule has 3 atom stereocenters. The molecule has 1 aromatic rings. The van der Waals surface area contributed by atoms with Crippen LogP contribution >= 0.6 is 0 Å². The van der Waals surface area contributed by atoms with E-state index < -0.39 is 42.0 Å². The lowest BCUT2D eigenvalue weighted by atomic mass is 10.2. The highest BCUT2D eigenvalue weighted by molar-refractivity contribution is 5.61. The minimum absolute atomic E-state index is 0.0891. The Morgan fingerprint density at radius 2 is 1.79 bits per heavy atom. The molecule has 0 bridgehead atoms. The van der Waals surface area contributed by atoms with E-state index in [1.165, 1.54) is 10.8 Å². The molecule has 1 saturated heterocycles. The highest BCUT2D eigenvalue weighted by Gasteiger charge is 2.41. The lowest BCUT2D eigenvalue weighted by molar-refractivity contribution is -0.0718. The number of ether oxygens (including phenoxy) is 5. The molecule has 11 nitrogen and oxygen atoms in total. The van der Waals surface area contributed by atoms with E-state index in [9.17, 15) is 19.2 Å². The smallest absolute Gasteiger partial charge is 0.432 e. The molecule has 1 N–H and O–H groups in total. The largest absolute Gasteiger partial charge is 0.508 e. The second-order valence-corrected chi connectivity index (χ2v) is 7.14. The first kappa shape index (κ1) is 22.5. The van der Waals surface area contributed by atoms with E-state index in [-0.39, 0.29) is 25.2 Å². The third-order valence-corrected chi connectivity index (χ3v) is 3.91. The second kappa shape index (κ2) is 9.59. The number of hydrogen-bond donors (Lipinski definition) is 1. The SMILES string of the molecule is Cc1cn([C@H]2C[C@H](OC(=O)OC(C)C)[C@@H](COC(=O)OC(C)C)O2)c(=O)[nH]c1=O. The zero-order chi connectivity index (χ0) is 21.7. The Hall–Kier alpha value is -2.82. The van der Waals surface area contributed by atoms with Crippen LogP contribution in [0.4, 0.5) is 9.59 Å². The Morgan fingerprint density at radius 3 is 2.41 bits per heavy atom. The quantitative estimate of drug-likeness (QED) is 0.689. The van der Waals surface area contributed by atoms with Crippen molar-refractivity contribution in [2.24, 2.45) is 0 Å². The van der Waals surface area contributed by atoms with Crippen molar-refractivity contribution in [1.29, 1.82) is 0 Å². The van der Waals surface area contributed by atoms with Crippen LogP contribution in [0.1, 0.15) is 45.9 Å². The average Bonchev–Trinajstić information content (AvgIpc) is 2.97. The van der Waals surface area contributed by atoms with Crippen LogP contribution < -0.4 is 11.2 Å². The van der Waals surface area contributed by atoms with E-state index in [1.54, 1.807) is 34.6 Å². The third-order valence-electron chi connectivity index (χ3n) is 3.91. The number of nitrogens with one attached hydrogen (secondary N) is 1. The number of H-pyrrole nitrogens is 1. The van der Waals surface area contributed by atoms with Gasteiger partial charge in [0.1, 0.15) is 25.0 Å². The van der Waals surface area contributed by atoms with Gasteiger partial charge in [-0.05, 0) is 34.6 Å². The van der Waals surface area contributed by atoms with Crippen molar-refractivity contribution >= 4 is 12.3 Å². The van der Waals surface area contributed by atoms with Crippen molar-refractivity contribution < 1.29 is 33.3 Å². The summed E-state index contributed by atoms with van der Waals surface area (Å²) in [5, 5.41) is 0. The predicted octanol–water partition coefficient (Wildman–Crippen LogP) is 1.62. The summed E-state index contributed by atoms with van der Waals surface area (Å²) in [6.45, 7) is 7.95. The fourth-order valence-corrected chi connectivity index (χ4v) is 2.67. The Kier molecular flexibility index (Phi) is 7.43. The van der Waals surface area contributed by atoms with Gasteiger partial charge in [-0.1, -0.05) is 0 Å². The maximum Gasteiger partial charge on any atom is 0.508 e. The van der Waals surface area contributed by atoms with Gasteiger partial charge in [-0.25, -0.2) is 14.4 Å². The molecule has 1 aromatic heterocycles. The standard InChI is InChI=1S/C18H26N2O9/c1-9(2)26-17(23)25-8-13-12(29-18(24)27-10(3)4)6-14(28-13)20-7-11(5)15(21)19-16(20)22/h7,9-10,12-14H,6,8H2,1-5H3,(H,19,21,22)/t12-,13+,14+/m0/s1. The molecule has 0 saturated carbocycles. The van der Waals surface area contributed by atoms with Crippen molar-refractivity contribution in [3.05, 3.63) is 32.6 Å². The first-order valence-electron chi connectivity index (χ1n) is 9.25. The molecular formula is C18H26N2O9. The summed E-state index contributed by atoms with van der Waals surface area (Å²) < 4.78 is 27.1. The number of carbonyl (C=O) groups is 2. The molecule has 0 unspecified atom stereocenters. The summed E-state index contributed by atoms with van der Waals surface area (Å²) in [5.74, 6) is 0. The summed E-state index contributed by atoms with van der Waals surface area (Å²) in [4.78, 5) is 49.4. The first-order valence-corrected chi connectivity index (χ1v) is 9.25. The van der Waals surface area contributed by atoms with Crippen LogP contribution in [-0.2, 0) is 23.7 Å². The van der Waals surface area contributed by atoms with Gasteiger partial charge in [-0.3, -0.25) is 14.3 Å². The predicted molar refractivity (Wildman–Crippen MR) is 98.6 cm³/mol. The first-order chi connectivity index (χ1) is 13.6. The van der Waals surface area contributed by atoms with Crippen LogP contribution in [0, 0.1) is 6.92 Å². The summed E-state index contributed by atoms with van der Waals surface area (Å²) in [5.41, 5.74) is -0.867. The summed E-state index contributed by atoms with van der Waals surface area (Å²) in [6.07, 6.45) is -3.67. The third kappa shape index (κ3) is 6.34. The molecule has 11 heteroatoms. The summed E-state index contributed by atoms with van der Waals surface area (Å²) >= 11 is 0. The lowest BCUT2D eigenvalue weighted by Gasteiger charge is -2.19. The Labute approximate surface area is 166 Å². The molecule has 2 heterocycles. The molecule has 0 spiro atoms. The van der Waals surface area contributed by atoms with Gasteiger partial charge in [0.15, 0.2) is 0 Å². The zero-order valence-corrected chi connectivity index (χ0v) is 17.0. The highest BCUT2D eigenvalue weighted by atomic mass is 16.8. The van der Waals surface area contributed by atoms with Crippen LogP contribution in [0.5, 0.6) is 0 Å². The van der Waals surface area contributed by atoms with Crippen LogP contribution in [0.15, 0.2) is 15.8 Å². The normalized spacial score (nSPS) is 21.3. The summed E-state index contributed by atoms with van der Waals surface area (Å²) in [7, 11) is 0. The second-order valence-electron chi connectivity index (χ2n) is 7.14. The number of rotatable bonds is 6. The molecule has 2 rings (SSSR count). The van der Waals surface area contributed by atoms with E-state index in [4.69, 9.17) is 23.7 Å². The van der Waals surface area contributed by atoms with Crippen molar-refractivity contribution in [3.63, 3.8) is 0 Å². The molecule has 162 valence electrons. The molecule has 0 radical (unpaired) electrons. The van der Waals surface area contributed by atoms with Gasteiger partial charge in [0.05, 0.1) is 12.2 Å². The molecule has 29 heavy (non-hydrogen) atoms. The van der Waals surface area contributed by atoms with Crippen LogP contribution in [0.3, 0.4) is 0 Å². The van der Waals surface area contributed by atoms with E-state index in [0.29, 0.717) is 5.56 Å². The van der Waals surface area contributed by atoms with Gasteiger partial charge in [0, 0.05) is 18.2 Å². The molecule has 1 aliphatic heterocycles. The number of aromatic nitrogens is 2. The van der Waals surface area contributed by atoms with Gasteiger partial charge in [-0.15, -0.1) is 0 Å². The van der Waals surface area contributed by atoms with E-state index >= 15 is 0 Å². The molecule has 1 fully saturated rings.